The molecule has 2 aromatic carbocycles. The zero-order valence-electron chi connectivity index (χ0n) is 19.1. The van der Waals surface area contributed by atoms with Crippen LogP contribution < -0.4 is 19.6 Å². The summed E-state index contributed by atoms with van der Waals surface area (Å²) in [5, 5.41) is 40.2. The minimum atomic E-state index is -1.57. The second kappa shape index (κ2) is 9.14. The summed E-state index contributed by atoms with van der Waals surface area (Å²) in [5.41, 5.74) is 1.73. The molecule has 0 saturated carbocycles. The van der Waals surface area contributed by atoms with Crippen molar-refractivity contribution in [3.63, 3.8) is 0 Å². The SMILES string of the molecule is CCc1cc2c(=O)c(-c3ccc4c(c3)OCO4)c(C)oc2cc1OC1OC(CO)C(O)C(O)C1O. The van der Waals surface area contributed by atoms with Gasteiger partial charge in [0, 0.05) is 6.07 Å². The number of ether oxygens (including phenoxy) is 4. The quantitative estimate of drug-likeness (QED) is 0.415. The Hall–Kier alpha value is -3.15. The van der Waals surface area contributed by atoms with Crippen LogP contribution in [0.5, 0.6) is 17.2 Å². The Kier molecular flexibility index (Phi) is 6.16. The number of hydrogen-bond acceptors (Lipinski definition) is 10. The van der Waals surface area contributed by atoms with Crippen molar-refractivity contribution >= 4 is 11.0 Å². The molecule has 5 atom stereocenters. The summed E-state index contributed by atoms with van der Waals surface area (Å²) in [6.45, 7) is 3.11. The summed E-state index contributed by atoms with van der Waals surface area (Å²) in [7, 11) is 0. The lowest BCUT2D eigenvalue weighted by molar-refractivity contribution is -0.277. The maximum absolute atomic E-state index is 13.5. The number of aryl methyl sites for hydroxylation is 2. The third kappa shape index (κ3) is 4.03. The molecule has 5 rings (SSSR count). The van der Waals surface area contributed by atoms with Gasteiger partial charge in [0.1, 0.15) is 41.5 Å². The predicted molar refractivity (Wildman–Crippen MR) is 123 cm³/mol. The van der Waals surface area contributed by atoms with Crippen molar-refractivity contribution in [3.05, 3.63) is 51.9 Å². The van der Waals surface area contributed by atoms with Crippen molar-refractivity contribution in [1.29, 1.82) is 0 Å². The molecule has 10 heteroatoms. The van der Waals surface area contributed by atoms with E-state index < -0.39 is 37.3 Å². The van der Waals surface area contributed by atoms with Gasteiger partial charge in [0.2, 0.25) is 18.5 Å². The molecule has 0 bridgehead atoms. The average Bonchev–Trinajstić information content (AvgIpc) is 3.32. The number of hydrogen-bond donors (Lipinski definition) is 4. The second-order valence-corrected chi connectivity index (χ2v) is 8.56. The van der Waals surface area contributed by atoms with E-state index in [-0.39, 0.29) is 23.6 Å². The summed E-state index contributed by atoms with van der Waals surface area (Å²) in [5.74, 6) is 1.84. The molecule has 3 heterocycles. The van der Waals surface area contributed by atoms with Crippen LogP contribution in [0.15, 0.2) is 39.5 Å². The molecule has 186 valence electrons. The highest BCUT2D eigenvalue weighted by atomic mass is 16.7. The largest absolute Gasteiger partial charge is 0.462 e. The molecule has 10 nitrogen and oxygen atoms in total. The zero-order valence-corrected chi connectivity index (χ0v) is 19.1. The monoisotopic (exact) mass is 486 g/mol. The van der Waals surface area contributed by atoms with Crippen LogP contribution in [0.3, 0.4) is 0 Å². The van der Waals surface area contributed by atoms with E-state index in [9.17, 15) is 25.2 Å². The fraction of sp³-hybridized carbons (Fsp3) is 0.400. The van der Waals surface area contributed by atoms with Crippen molar-refractivity contribution in [1.82, 2.24) is 0 Å². The summed E-state index contributed by atoms with van der Waals surface area (Å²) in [6, 6.07) is 8.46. The topological polar surface area (TPSA) is 148 Å². The van der Waals surface area contributed by atoms with Gasteiger partial charge in [-0.3, -0.25) is 4.79 Å². The third-order valence-corrected chi connectivity index (χ3v) is 6.38. The van der Waals surface area contributed by atoms with Crippen LogP contribution in [0.4, 0.5) is 0 Å². The number of rotatable bonds is 5. The lowest BCUT2D eigenvalue weighted by atomic mass is 9.99. The minimum Gasteiger partial charge on any atom is -0.462 e. The highest BCUT2D eigenvalue weighted by Crippen LogP contribution is 2.37. The Morgan fingerprint density at radius 2 is 1.80 bits per heavy atom. The number of fused-ring (bicyclic) bond motifs is 2. The van der Waals surface area contributed by atoms with E-state index in [0.717, 1.165) is 0 Å². The van der Waals surface area contributed by atoms with Gasteiger partial charge in [-0.2, -0.15) is 0 Å². The van der Waals surface area contributed by atoms with E-state index in [1.165, 1.54) is 6.07 Å². The van der Waals surface area contributed by atoms with Crippen molar-refractivity contribution in [2.45, 2.75) is 51.0 Å². The Bertz CT molecular complexity index is 1310. The molecule has 0 aliphatic carbocycles. The molecule has 3 aromatic rings. The Morgan fingerprint density at radius 1 is 1.03 bits per heavy atom. The van der Waals surface area contributed by atoms with Gasteiger partial charge in [-0.25, -0.2) is 0 Å². The smallest absolute Gasteiger partial charge is 0.231 e. The lowest BCUT2D eigenvalue weighted by Gasteiger charge is -2.39. The summed E-state index contributed by atoms with van der Waals surface area (Å²) < 4.78 is 28.1. The first-order valence-corrected chi connectivity index (χ1v) is 11.3. The Morgan fingerprint density at radius 3 is 2.54 bits per heavy atom. The van der Waals surface area contributed by atoms with Crippen LogP contribution in [-0.4, -0.2) is 64.5 Å². The number of benzene rings is 2. The first-order valence-electron chi connectivity index (χ1n) is 11.3. The van der Waals surface area contributed by atoms with Gasteiger partial charge in [0.05, 0.1) is 17.6 Å². The van der Waals surface area contributed by atoms with Gasteiger partial charge >= 0.3 is 0 Å². The molecular formula is C25H26O10. The number of aliphatic hydroxyl groups excluding tert-OH is 4. The van der Waals surface area contributed by atoms with E-state index in [2.05, 4.69) is 0 Å². The molecule has 0 spiro atoms. The molecular weight excluding hydrogens is 460 g/mol. The summed E-state index contributed by atoms with van der Waals surface area (Å²) >= 11 is 0. The third-order valence-electron chi connectivity index (χ3n) is 6.38. The first kappa shape index (κ1) is 23.6. The first-order chi connectivity index (χ1) is 16.8. The minimum absolute atomic E-state index is 0.126. The fourth-order valence-electron chi connectivity index (χ4n) is 4.44. The van der Waals surface area contributed by atoms with Crippen LogP contribution in [0.25, 0.3) is 22.1 Å². The highest BCUT2D eigenvalue weighted by molar-refractivity contribution is 5.85. The van der Waals surface area contributed by atoms with E-state index in [4.69, 9.17) is 23.4 Å². The maximum Gasteiger partial charge on any atom is 0.231 e. The molecule has 1 saturated heterocycles. The van der Waals surface area contributed by atoms with Crippen LogP contribution in [0, 0.1) is 6.92 Å². The van der Waals surface area contributed by atoms with Crippen LogP contribution in [0.2, 0.25) is 0 Å². The van der Waals surface area contributed by atoms with Crippen molar-refractivity contribution in [2.24, 2.45) is 0 Å². The van der Waals surface area contributed by atoms with Gasteiger partial charge in [-0.15, -0.1) is 0 Å². The molecule has 2 aliphatic heterocycles. The predicted octanol–water partition coefficient (Wildman–Crippen LogP) is 1.24. The van der Waals surface area contributed by atoms with Gasteiger partial charge < -0.3 is 43.8 Å². The maximum atomic E-state index is 13.5. The van der Waals surface area contributed by atoms with Crippen LogP contribution >= 0.6 is 0 Å². The van der Waals surface area contributed by atoms with Crippen LogP contribution in [0.1, 0.15) is 18.2 Å². The molecule has 35 heavy (non-hydrogen) atoms. The van der Waals surface area contributed by atoms with Crippen molar-refractivity contribution in [2.75, 3.05) is 13.4 Å². The van der Waals surface area contributed by atoms with Gasteiger partial charge in [0.25, 0.3) is 0 Å². The molecule has 1 aromatic heterocycles. The van der Waals surface area contributed by atoms with Crippen molar-refractivity contribution < 1.29 is 43.8 Å². The standard InChI is InChI=1S/C25H26O10/c1-3-12-6-14-17(8-16(12)34-25-24(30)23(29)22(28)19(9-26)35-25)33-11(2)20(21(14)27)13-4-5-15-18(7-13)32-10-31-15/h4-8,19,22-26,28-30H,3,9-10H2,1-2H3. The van der Waals surface area contributed by atoms with E-state index in [1.54, 1.807) is 31.2 Å². The van der Waals surface area contributed by atoms with Gasteiger partial charge in [-0.05, 0) is 42.7 Å². The van der Waals surface area contributed by atoms with Gasteiger partial charge in [0.15, 0.2) is 11.5 Å². The Labute approximate surface area is 199 Å². The van der Waals surface area contributed by atoms with E-state index in [0.29, 0.717) is 45.8 Å². The summed E-state index contributed by atoms with van der Waals surface area (Å²) in [6.07, 6.45) is -6.60. The van der Waals surface area contributed by atoms with Crippen LogP contribution in [-0.2, 0) is 11.2 Å². The van der Waals surface area contributed by atoms with E-state index >= 15 is 0 Å². The van der Waals surface area contributed by atoms with Gasteiger partial charge in [-0.1, -0.05) is 13.0 Å². The fourth-order valence-corrected chi connectivity index (χ4v) is 4.44. The molecule has 0 amide bonds. The van der Waals surface area contributed by atoms with Crippen molar-refractivity contribution in [3.8, 4) is 28.4 Å². The molecule has 4 N–H and O–H groups in total. The normalized spacial score (nSPS) is 25.7. The number of aliphatic hydroxyl groups is 4. The zero-order chi connectivity index (χ0) is 24.9. The lowest BCUT2D eigenvalue weighted by Crippen LogP contribution is -2.60. The molecule has 5 unspecified atom stereocenters. The molecule has 0 radical (unpaired) electrons. The highest BCUT2D eigenvalue weighted by Gasteiger charge is 2.45. The summed E-state index contributed by atoms with van der Waals surface area (Å²) in [4.78, 5) is 13.5. The Balaban J connectivity index is 1.54. The van der Waals surface area contributed by atoms with E-state index in [1.807, 2.05) is 6.92 Å². The molecule has 1 fully saturated rings. The second-order valence-electron chi connectivity index (χ2n) is 8.56. The average molecular weight is 486 g/mol. The molecule has 2 aliphatic rings.